The molecular weight excluding hydrogens is 416 g/mol. The van der Waals surface area contributed by atoms with Crippen LogP contribution in [0.2, 0.25) is 0 Å². The molecule has 0 aromatic heterocycles. The lowest BCUT2D eigenvalue weighted by Gasteiger charge is -2.20. The molecule has 33 heavy (non-hydrogen) atoms. The smallest absolute Gasteiger partial charge is 0.261 e. The van der Waals surface area contributed by atoms with E-state index >= 15 is 0 Å². The van der Waals surface area contributed by atoms with E-state index in [1.807, 2.05) is 49.4 Å². The number of hydrogen-bond acceptors (Lipinski definition) is 6. The average Bonchev–Trinajstić information content (AvgIpc) is 2.81. The highest BCUT2D eigenvalue weighted by Gasteiger charge is 2.22. The van der Waals surface area contributed by atoms with Gasteiger partial charge in [0.2, 0.25) is 0 Å². The van der Waals surface area contributed by atoms with Gasteiger partial charge in [0.15, 0.2) is 0 Å². The number of amides is 1. The maximum Gasteiger partial charge on any atom is 0.261 e. The molecule has 1 atom stereocenters. The van der Waals surface area contributed by atoms with E-state index in [-0.39, 0.29) is 18.1 Å². The Kier molecular flexibility index (Phi) is 14.8. The molecule has 1 aromatic carbocycles. The summed E-state index contributed by atoms with van der Waals surface area (Å²) in [6, 6.07) is 8.34. The Balaban J connectivity index is 0.00000109. The Morgan fingerprint density at radius 3 is 2.36 bits per heavy atom. The Hall–Kier alpha value is -3.88. The van der Waals surface area contributed by atoms with Gasteiger partial charge in [-0.15, -0.1) is 0 Å². The van der Waals surface area contributed by atoms with Crippen LogP contribution >= 0.6 is 0 Å². The van der Waals surface area contributed by atoms with E-state index in [2.05, 4.69) is 18.2 Å². The number of nitrogens with two attached hydrogens (primary N) is 4. The summed E-state index contributed by atoms with van der Waals surface area (Å²) in [7, 11) is 0. The molecule has 0 heterocycles. The zero-order valence-electron chi connectivity index (χ0n) is 19.4. The third-order valence-electron chi connectivity index (χ3n) is 3.98. The van der Waals surface area contributed by atoms with E-state index in [0.29, 0.717) is 12.1 Å². The number of hydrogen-bond donors (Lipinski definition) is 5. The number of allylic oxidation sites excluding steroid dienone is 6. The highest BCUT2D eigenvalue weighted by Crippen LogP contribution is 2.02. The van der Waals surface area contributed by atoms with E-state index in [4.69, 9.17) is 23.0 Å². The molecule has 0 saturated heterocycles. The molecule has 0 aliphatic carbocycles. The lowest BCUT2D eigenvalue weighted by molar-refractivity contribution is -0.130. The molecule has 0 radical (unpaired) electrons. The standard InChI is InChI=1S/C18H25N5O2.C7H11N/c1-3-15(24)10-9-13(2)12-23(21)18(25)16(19)17(20)22-11-14-7-5-4-6-8-14;1-3-5-7(8)6-4-2/h3-10,16,24H,2,11-12,19,21H2,1H3,(H2,20,22);3-6H,1,8H2,2H3/b10-9-,15-3+;6-4-,7-5+. The summed E-state index contributed by atoms with van der Waals surface area (Å²) in [5, 5.41) is 10.3. The van der Waals surface area contributed by atoms with Crippen molar-refractivity contribution in [3.63, 3.8) is 0 Å². The van der Waals surface area contributed by atoms with Crippen LogP contribution in [-0.4, -0.2) is 34.4 Å². The molecule has 8 nitrogen and oxygen atoms in total. The number of hydrazine groups is 1. The topological polar surface area (TPSA) is 157 Å². The van der Waals surface area contributed by atoms with Crippen LogP contribution in [0, 0.1) is 0 Å². The molecule has 1 aromatic rings. The number of aliphatic hydroxyl groups excluding tert-OH is 1. The van der Waals surface area contributed by atoms with Crippen molar-refractivity contribution in [3.05, 3.63) is 109 Å². The van der Waals surface area contributed by atoms with Crippen LogP contribution in [0.1, 0.15) is 19.4 Å². The first-order chi connectivity index (χ1) is 15.7. The van der Waals surface area contributed by atoms with Crippen molar-refractivity contribution in [2.45, 2.75) is 26.4 Å². The summed E-state index contributed by atoms with van der Waals surface area (Å²) >= 11 is 0. The highest BCUT2D eigenvalue weighted by atomic mass is 16.3. The number of aliphatic hydroxyl groups is 1. The number of benzene rings is 1. The maximum atomic E-state index is 12.2. The normalized spacial score (nSPS) is 13.4. The monoisotopic (exact) mass is 452 g/mol. The fourth-order valence-electron chi connectivity index (χ4n) is 2.20. The molecule has 0 bridgehead atoms. The Morgan fingerprint density at radius 1 is 1.18 bits per heavy atom. The molecule has 8 heteroatoms. The van der Waals surface area contributed by atoms with Gasteiger partial charge in [-0.25, -0.2) is 5.84 Å². The van der Waals surface area contributed by atoms with Crippen molar-refractivity contribution in [2.24, 2.45) is 28.0 Å². The van der Waals surface area contributed by atoms with Gasteiger partial charge in [0.1, 0.15) is 17.6 Å². The zero-order valence-corrected chi connectivity index (χ0v) is 19.4. The summed E-state index contributed by atoms with van der Waals surface area (Å²) in [5.74, 6) is 5.25. The fraction of sp³-hybridized carbons (Fsp3) is 0.200. The molecule has 0 spiro atoms. The number of amidine groups is 1. The van der Waals surface area contributed by atoms with Crippen LogP contribution in [0.4, 0.5) is 0 Å². The van der Waals surface area contributed by atoms with E-state index in [1.165, 1.54) is 12.2 Å². The van der Waals surface area contributed by atoms with Crippen LogP contribution in [0.5, 0.6) is 0 Å². The molecular formula is C25H36N6O2. The predicted molar refractivity (Wildman–Crippen MR) is 138 cm³/mol. The highest BCUT2D eigenvalue weighted by molar-refractivity contribution is 6.05. The van der Waals surface area contributed by atoms with Gasteiger partial charge in [0.05, 0.1) is 13.1 Å². The minimum Gasteiger partial charge on any atom is -0.508 e. The Bertz CT molecular complexity index is 914. The minimum atomic E-state index is -1.13. The second kappa shape index (κ2) is 16.8. The summed E-state index contributed by atoms with van der Waals surface area (Å²) in [6.07, 6.45) is 11.7. The van der Waals surface area contributed by atoms with Gasteiger partial charge < -0.3 is 22.3 Å². The molecule has 1 amide bonds. The SMILES string of the molecule is C=C(/C=C\C(O)=C/C)CN(N)C(=O)C(N)C(N)=NCc1ccccc1.C=C/C=C(N)\C=C/C. The van der Waals surface area contributed by atoms with Crippen molar-refractivity contribution in [1.82, 2.24) is 5.01 Å². The molecule has 0 aliphatic heterocycles. The zero-order chi connectivity index (χ0) is 25.2. The minimum absolute atomic E-state index is 0.0111. The van der Waals surface area contributed by atoms with Gasteiger partial charge in [-0.1, -0.05) is 61.7 Å². The fourth-order valence-corrected chi connectivity index (χ4v) is 2.20. The first kappa shape index (κ1) is 29.1. The van der Waals surface area contributed by atoms with Crippen LogP contribution in [0.25, 0.3) is 0 Å². The Morgan fingerprint density at radius 2 is 1.82 bits per heavy atom. The van der Waals surface area contributed by atoms with Crippen molar-refractivity contribution in [3.8, 4) is 0 Å². The molecule has 1 unspecified atom stereocenters. The lowest BCUT2D eigenvalue weighted by Crippen LogP contribution is -2.53. The summed E-state index contributed by atoms with van der Waals surface area (Å²) in [4.78, 5) is 16.4. The molecule has 1 rings (SSSR count). The third kappa shape index (κ3) is 13.2. The van der Waals surface area contributed by atoms with E-state index in [1.54, 1.807) is 25.2 Å². The number of aliphatic imine (C=N–C) groups is 1. The summed E-state index contributed by atoms with van der Waals surface area (Å²) in [5.41, 5.74) is 19.2. The molecule has 0 saturated carbocycles. The number of carbonyl (C=O) groups is 1. The van der Waals surface area contributed by atoms with Gasteiger partial charge in [0, 0.05) is 5.70 Å². The summed E-state index contributed by atoms with van der Waals surface area (Å²) in [6.45, 7) is 11.2. The van der Waals surface area contributed by atoms with Crippen LogP contribution in [-0.2, 0) is 11.3 Å². The van der Waals surface area contributed by atoms with Crippen LogP contribution < -0.4 is 23.0 Å². The summed E-state index contributed by atoms with van der Waals surface area (Å²) < 4.78 is 0. The van der Waals surface area contributed by atoms with Crippen molar-refractivity contribution < 1.29 is 9.90 Å². The first-order valence-corrected chi connectivity index (χ1v) is 10.2. The number of rotatable bonds is 10. The van der Waals surface area contributed by atoms with Gasteiger partial charge in [-0.2, -0.15) is 0 Å². The van der Waals surface area contributed by atoms with Gasteiger partial charge in [-0.05, 0) is 49.3 Å². The first-order valence-electron chi connectivity index (χ1n) is 10.2. The Labute approximate surface area is 196 Å². The van der Waals surface area contributed by atoms with Gasteiger partial charge in [0.25, 0.3) is 5.91 Å². The van der Waals surface area contributed by atoms with Crippen molar-refractivity contribution in [2.75, 3.05) is 6.54 Å². The van der Waals surface area contributed by atoms with Crippen LogP contribution in [0.15, 0.2) is 108 Å². The van der Waals surface area contributed by atoms with Crippen molar-refractivity contribution >= 4 is 11.7 Å². The molecule has 0 aliphatic rings. The molecule has 178 valence electrons. The second-order valence-corrected chi connectivity index (χ2v) is 6.78. The van der Waals surface area contributed by atoms with Gasteiger partial charge in [-0.3, -0.25) is 14.8 Å². The second-order valence-electron chi connectivity index (χ2n) is 6.78. The average molecular weight is 453 g/mol. The van der Waals surface area contributed by atoms with E-state index in [9.17, 15) is 9.90 Å². The molecule has 9 N–H and O–H groups in total. The number of nitrogens with zero attached hydrogens (tertiary/aromatic N) is 2. The number of carbonyl (C=O) groups excluding carboxylic acids is 1. The quantitative estimate of drug-likeness (QED) is 0.0698. The third-order valence-corrected chi connectivity index (χ3v) is 3.98. The van der Waals surface area contributed by atoms with Crippen molar-refractivity contribution in [1.29, 1.82) is 0 Å². The molecule has 0 fully saturated rings. The van der Waals surface area contributed by atoms with E-state index < -0.39 is 11.9 Å². The predicted octanol–water partition coefficient (Wildman–Crippen LogP) is 2.74. The largest absolute Gasteiger partial charge is 0.508 e. The van der Waals surface area contributed by atoms with Crippen LogP contribution in [0.3, 0.4) is 0 Å². The maximum absolute atomic E-state index is 12.2. The lowest BCUT2D eigenvalue weighted by atomic mass is 10.2. The van der Waals surface area contributed by atoms with Gasteiger partial charge >= 0.3 is 0 Å². The van der Waals surface area contributed by atoms with E-state index in [0.717, 1.165) is 16.3 Å².